The van der Waals surface area contributed by atoms with Crippen LogP contribution in [0.15, 0.2) is 52.3 Å². The first-order valence-corrected chi connectivity index (χ1v) is 7.84. The summed E-state index contributed by atoms with van der Waals surface area (Å²) < 4.78 is 2.21. The molecule has 1 N–H and O–H groups in total. The molecule has 3 rings (SSSR count). The van der Waals surface area contributed by atoms with E-state index >= 15 is 0 Å². The summed E-state index contributed by atoms with van der Waals surface area (Å²) in [4.78, 5) is 0. The van der Waals surface area contributed by atoms with Crippen LogP contribution in [0.1, 0.15) is 11.1 Å². The van der Waals surface area contributed by atoms with Crippen LogP contribution in [0.3, 0.4) is 0 Å². The molecule has 0 radical (unpaired) electrons. The van der Waals surface area contributed by atoms with Gasteiger partial charge in [0.15, 0.2) is 0 Å². The number of rotatable bonds is 3. The van der Waals surface area contributed by atoms with E-state index in [9.17, 15) is 0 Å². The molecule has 2 aromatic carbocycles. The number of hydrogen-bond donors (Lipinski definition) is 1. The van der Waals surface area contributed by atoms with Crippen molar-refractivity contribution in [2.24, 2.45) is 0 Å². The molecule has 1 heterocycles. The highest BCUT2D eigenvalue weighted by Gasteiger charge is 2.05. The third-order valence-electron chi connectivity index (χ3n) is 3.13. The maximum Gasteiger partial charge on any atom is 0.101 e. The van der Waals surface area contributed by atoms with Gasteiger partial charge in [0.05, 0.1) is 11.3 Å². The van der Waals surface area contributed by atoms with E-state index < -0.39 is 0 Å². The maximum absolute atomic E-state index is 9.16. The van der Waals surface area contributed by atoms with Crippen molar-refractivity contribution in [1.82, 2.24) is 0 Å². The molecule has 0 atom stereocenters. The van der Waals surface area contributed by atoms with Crippen molar-refractivity contribution >= 4 is 43.0 Å². The Kier molecular flexibility index (Phi) is 3.72. The fourth-order valence-electron chi connectivity index (χ4n) is 2.12. The first kappa shape index (κ1) is 13.2. The largest absolute Gasteiger partial charge is 0.380 e. The van der Waals surface area contributed by atoms with Crippen molar-refractivity contribution in [3.05, 3.63) is 63.4 Å². The Morgan fingerprint density at radius 3 is 2.90 bits per heavy atom. The van der Waals surface area contributed by atoms with Crippen LogP contribution < -0.4 is 5.32 Å². The summed E-state index contributed by atoms with van der Waals surface area (Å²) >= 11 is 5.13. The normalized spacial score (nSPS) is 10.4. The summed E-state index contributed by atoms with van der Waals surface area (Å²) in [6, 6.07) is 16.3. The fraction of sp³-hybridized carbons (Fsp3) is 0.0625. The van der Waals surface area contributed by atoms with Crippen LogP contribution in [0.5, 0.6) is 0 Å². The zero-order valence-electron chi connectivity index (χ0n) is 10.6. The minimum Gasteiger partial charge on any atom is -0.380 e. The lowest BCUT2D eigenvalue weighted by molar-refractivity contribution is 1.17. The Morgan fingerprint density at radius 2 is 2.05 bits per heavy atom. The third-order valence-corrected chi connectivity index (χ3v) is 4.64. The summed E-state index contributed by atoms with van der Waals surface area (Å²) in [7, 11) is 0. The van der Waals surface area contributed by atoms with Crippen molar-refractivity contribution < 1.29 is 0 Å². The average molecular weight is 343 g/mol. The lowest BCUT2D eigenvalue weighted by atomic mass is 10.1. The average Bonchev–Trinajstić information content (AvgIpc) is 2.89. The molecule has 0 saturated carbocycles. The van der Waals surface area contributed by atoms with Crippen LogP contribution in [0.2, 0.25) is 0 Å². The molecule has 0 unspecified atom stereocenters. The Hall–Kier alpha value is -1.83. The van der Waals surface area contributed by atoms with E-state index in [0.717, 1.165) is 16.7 Å². The summed E-state index contributed by atoms with van der Waals surface area (Å²) in [6.45, 7) is 0.723. The van der Waals surface area contributed by atoms with Crippen molar-refractivity contribution in [3.63, 3.8) is 0 Å². The molecule has 0 aliphatic heterocycles. The van der Waals surface area contributed by atoms with Crippen LogP contribution >= 0.6 is 27.3 Å². The number of nitrogens with one attached hydrogen (secondary N) is 1. The van der Waals surface area contributed by atoms with Crippen LogP contribution in [-0.2, 0) is 6.54 Å². The molecular weight excluding hydrogens is 332 g/mol. The molecule has 98 valence electrons. The van der Waals surface area contributed by atoms with E-state index in [4.69, 9.17) is 5.26 Å². The van der Waals surface area contributed by atoms with Gasteiger partial charge in [0.25, 0.3) is 0 Å². The molecule has 0 aliphatic carbocycles. The summed E-state index contributed by atoms with van der Waals surface area (Å²) in [5.41, 5.74) is 2.78. The molecule has 20 heavy (non-hydrogen) atoms. The predicted molar refractivity (Wildman–Crippen MR) is 88.0 cm³/mol. The number of anilines is 1. The molecule has 0 spiro atoms. The molecule has 1 aromatic heterocycles. The lowest BCUT2D eigenvalue weighted by Gasteiger charge is -2.08. The molecule has 0 aliphatic rings. The van der Waals surface area contributed by atoms with Crippen LogP contribution in [0.4, 0.5) is 5.69 Å². The summed E-state index contributed by atoms with van der Waals surface area (Å²) in [5.74, 6) is 0. The highest BCUT2D eigenvalue weighted by Crippen LogP contribution is 2.27. The molecule has 4 heteroatoms. The highest BCUT2D eigenvalue weighted by molar-refractivity contribution is 9.10. The number of hydrogen-bond acceptors (Lipinski definition) is 3. The van der Waals surface area contributed by atoms with E-state index in [0.29, 0.717) is 5.56 Å². The van der Waals surface area contributed by atoms with Gasteiger partial charge < -0.3 is 5.32 Å². The smallest absolute Gasteiger partial charge is 0.101 e. The van der Waals surface area contributed by atoms with Gasteiger partial charge in [-0.05, 0) is 40.6 Å². The minimum atomic E-state index is 0.652. The van der Waals surface area contributed by atoms with Crippen molar-refractivity contribution in [3.8, 4) is 6.07 Å². The molecule has 0 saturated heterocycles. The van der Waals surface area contributed by atoms with E-state index in [2.05, 4.69) is 57.0 Å². The van der Waals surface area contributed by atoms with E-state index in [1.165, 1.54) is 15.6 Å². The van der Waals surface area contributed by atoms with Gasteiger partial charge in [-0.2, -0.15) is 5.26 Å². The number of benzene rings is 2. The van der Waals surface area contributed by atoms with Crippen LogP contribution in [-0.4, -0.2) is 0 Å². The maximum atomic E-state index is 9.16. The second-order valence-electron chi connectivity index (χ2n) is 4.41. The Labute approximate surface area is 129 Å². The van der Waals surface area contributed by atoms with Gasteiger partial charge in [0, 0.05) is 15.7 Å². The Morgan fingerprint density at radius 1 is 1.20 bits per heavy atom. The summed E-state index contributed by atoms with van der Waals surface area (Å²) in [6.07, 6.45) is 0. The molecule has 0 fully saturated rings. The Balaban J connectivity index is 1.85. The van der Waals surface area contributed by atoms with Crippen LogP contribution in [0, 0.1) is 11.3 Å². The summed E-state index contributed by atoms with van der Waals surface area (Å²) in [5, 5.41) is 16.0. The van der Waals surface area contributed by atoms with Gasteiger partial charge in [0.2, 0.25) is 0 Å². The fourth-order valence-corrected chi connectivity index (χ4v) is 3.45. The Bertz CT molecular complexity index is 802. The monoisotopic (exact) mass is 342 g/mol. The quantitative estimate of drug-likeness (QED) is 0.714. The molecule has 3 aromatic rings. The van der Waals surface area contributed by atoms with Crippen molar-refractivity contribution in [1.29, 1.82) is 5.26 Å². The first-order chi connectivity index (χ1) is 9.78. The molecule has 0 bridgehead atoms. The standard InChI is InChI=1S/C16H11BrN2S/c17-13-5-6-15(11(7-13)8-18)19-9-12-10-20-16-4-2-1-3-14(12)16/h1-7,10,19H,9H2. The van der Waals surface area contributed by atoms with Gasteiger partial charge in [-0.15, -0.1) is 11.3 Å². The molecule has 0 amide bonds. The van der Waals surface area contributed by atoms with Gasteiger partial charge in [-0.25, -0.2) is 0 Å². The molecular formula is C16H11BrN2S. The van der Waals surface area contributed by atoms with Crippen LogP contribution in [0.25, 0.3) is 10.1 Å². The predicted octanol–water partition coefficient (Wildman–Crippen LogP) is 5.15. The van der Waals surface area contributed by atoms with Gasteiger partial charge in [-0.3, -0.25) is 0 Å². The van der Waals surface area contributed by atoms with E-state index in [1.54, 1.807) is 11.3 Å². The van der Waals surface area contributed by atoms with Crippen molar-refractivity contribution in [2.75, 3.05) is 5.32 Å². The van der Waals surface area contributed by atoms with E-state index in [1.807, 2.05) is 18.2 Å². The second-order valence-corrected chi connectivity index (χ2v) is 6.24. The molecule has 2 nitrogen and oxygen atoms in total. The second kappa shape index (κ2) is 5.66. The zero-order chi connectivity index (χ0) is 13.9. The topological polar surface area (TPSA) is 35.8 Å². The SMILES string of the molecule is N#Cc1cc(Br)ccc1NCc1csc2ccccc12. The third kappa shape index (κ3) is 2.55. The minimum absolute atomic E-state index is 0.652. The highest BCUT2D eigenvalue weighted by atomic mass is 79.9. The number of nitriles is 1. The van der Waals surface area contributed by atoms with Gasteiger partial charge in [0.1, 0.15) is 6.07 Å². The van der Waals surface area contributed by atoms with Crippen molar-refractivity contribution in [2.45, 2.75) is 6.54 Å². The van der Waals surface area contributed by atoms with Gasteiger partial charge in [-0.1, -0.05) is 34.1 Å². The number of fused-ring (bicyclic) bond motifs is 1. The zero-order valence-corrected chi connectivity index (χ0v) is 13.0. The number of nitrogens with zero attached hydrogens (tertiary/aromatic N) is 1. The number of halogens is 1. The van der Waals surface area contributed by atoms with E-state index in [-0.39, 0.29) is 0 Å². The number of thiophene rings is 1. The lowest BCUT2D eigenvalue weighted by Crippen LogP contribution is -2.00. The van der Waals surface area contributed by atoms with Gasteiger partial charge >= 0.3 is 0 Å². The first-order valence-electron chi connectivity index (χ1n) is 6.16.